The Morgan fingerprint density at radius 2 is 1.88 bits per heavy atom. The molecule has 0 radical (unpaired) electrons. The van der Waals surface area contributed by atoms with Gasteiger partial charge < -0.3 is 10.2 Å². The van der Waals surface area contributed by atoms with Crippen LogP contribution < -0.4 is 14.9 Å². The van der Waals surface area contributed by atoms with Gasteiger partial charge in [0.05, 0.1) is 4.90 Å². The molecule has 0 atom stereocenters. The lowest BCUT2D eigenvalue weighted by Gasteiger charge is -2.13. The zero-order valence-corrected chi connectivity index (χ0v) is 14.5. The minimum Gasteiger partial charge on any atom is -0.374 e. The lowest BCUT2D eigenvalue weighted by Crippen LogP contribution is -2.34. The molecule has 2 N–H and O–H groups in total. The summed E-state index contributed by atoms with van der Waals surface area (Å²) < 4.78 is 26.7. The number of carbonyl (C=O) groups is 1. The van der Waals surface area contributed by atoms with E-state index in [1.165, 1.54) is 6.07 Å². The molecule has 0 aromatic heterocycles. The number of urea groups is 1. The highest BCUT2D eigenvalue weighted by Gasteiger charge is 2.22. The van der Waals surface area contributed by atoms with Crippen molar-refractivity contribution in [1.29, 1.82) is 0 Å². The van der Waals surface area contributed by atoms with Gasteiger partial charge in [0, 0.05) is 30.0 Å². The molecule has 2 amide bonds. The van der Waals surface area contributed by atoms with Crippen molar-refractivity contribution in [3.8, 4) is 0 Å². The summed E-state index contributed by atoms with van der Waals surface area (Å²) in [6.45, 7) is 0.851. The quantitative estimate of drug-likeness (QED) is 0.876. The van der Waals surface area contributed by atoms with E-state index in [1.807, 2.05) is 11.8 Å². The molecule has 6 nitrogen and oxygen atoms in total. The maximum absolute atomic E-state index is 12.4. The van der Waals surface area contributed by atoms with Crippen LogP contribution in [-0.4, -0.2) is 28.0 Å². The van der Waals surface area contributed by atoms with Gasteiger partial charge in [0.2, 0.25) is 0 Å². The van der Waals surface area contributed by atoms with E-state index in [1.54, 1.807) is 36.4 Å². The van der Waals surface area contributed by atoms with Crippen LogP contribution in [-0.2, 0) is 16.4 Å². The van der Waals surface area contributed by atoms with Crippen LogP contribution >= 0.6 is 11.6 Å². The van der Waals surface area contributed by atoms with Crippen LogP contribution in [0.4, 0.5) is 16.2 Å². The van der Waals surface area contributed by atoms with Crippen molar-refractivity contribution < 1.29 is 13.2 Å². The average molecular weight is 366 g/mol. The first-order chi connectivity index (χ1) is 11.3. The molecule has 0 saturated heterocycles. The Morgan fingerprint density at radius 3 is 2.58 bits per heavy atom. The summed E-state index contributed by atoms with van der Waals surface area (Å²) in [5.41, 5.74) is 2.42. The summed E-state index contributed by atoms with van der Waals surface area (Å²) in [5, 5.41) is 2.98. The predicted molar refractivity (Wildman–Crippen MR) is 94.2 cm³/mol. The number of anilines is 2. The van der Waals surface area contributed by atoms with E-state index in [0.29, 0.717) is 10.7 Å². The van der Waals surface area contributed by atoms with Gasteiger partial charge in [-0.2, -0.15) is 0 Å². The molecular weight excluding hydrogens is 350 g/mol. The Labute approximate surface area is 145 Å². The number of sulfonamides is 1. The third-order valence-corrected chi connectivity index (χ3v) is 5.40. The van der Waals surface area contributed by atoms with Crippen LogP contribution in [0.3, 0.4) is 0 Å². The summed E-state index contributed by atoms with van der Waals surface area (Å²) in [6, 6.07) is 10.4. The molecule has 0 saturated carbocycles. The molecule has 1 aliphatic heterocycles. The Bertz CT molecular complexity index is 882. The molecule has 126 valence electrons. The number of rotatable bonds is 3. The van der Waals surface area contributed by atoms with Crippen LogP contribution in [0.25, 0.3) is 0 Å². The Balaban J connectivity index is 1.74. The molecule has 2 aromatic rings. The first kappa shape index (κ1) is 16.6. The van der Waals surface area contributed by atoms with E-state index in [-0.39, 0.29) is 4.90 Å². The molecule has 8 heteroatoms. The fraction of sp³-hybridized carbons (Fsp3) is 0.188. The summed E-state index contributed by atoms with van der Waals surface area (Å²) in [4.78, 5) is 14.1. The first-order valence-electron chi connectivity index (χ1n) is 7.28. The maximum atomic E-state index is 12.4. The minimum atomic E-state index is -3.93. The SMILES string of the molecule is CN1CCc2cc(S(=O)(=O)NC(=O)Nc3ccc(Cl)cc3)ccc21. The maximum Gasteiger partial charge on any atom is 0.333 e. The standard InChI is InChI=1S/C16H16ClN3O3S/c1-20-9-8-11-10-14(6-7-15(11)20)24(22,23)19-16(21)18-13-4-2-12(17)3-5-13/h2-7,10H,8-9H2,1H3,(H2,18,19,21). The third-order valence-electron chi connectivity index (χ3n) is 3.82. The monoisotopic (exact) mass is 365 g/mol. The number of fused-ring (bicyclic) bond motifs is 1. The van der Waals surface area contributed by atoms with E-state index < -0.39 is 16.1 Å². The number of amides is 2. The fourth-order valence-corrected chi connectivity index (χ4v) is 3.66. The fourth-order valence-electron chi connectivity index (χ4n) is 2.58. The molecule has 1 aliphatic rings. The first-order valence-corrected chi connectivity index (χ1v) is 9.15. The van der Waals surface area contributed by atoms with E-state index in [4.69, 9.17) is 11.6 Å². The highest BCUT2D eigenvalue weighted by Crippen LogP contribution is 2.28. The molecule has 0 spiro atoms. The zero-order valence-electron chi connectivity index (χ0n) is 12.9. The Hall–Kier alpha value is -2.25. The second-order valence-corrected chi connectivity index (χ2v) is 7.65. The van der Waals surface area contributed by atoms with Crippen LogP contribution in [0.1, 0.15) is 5.56 Å². The number of halogens is 1. The van der Waals surface area contributed by atoms with Gasteiger partial charge in [0.1, 0.15) is 0 Å². The molecule has 1 heterocycles. The largest absolute Gasteiger partial charge is 0.374 e. The van der Waals surface area contributed by atoms with Gasteiger partial charge >= 0.3 is 6.03 Å². The smallest absolute Gasteiger partial charge is 0.333 e. The van der Waals surface area contributed by atoms with Crippen molar-refractivity contribution in [2.24, 2.45) is 0 Å². The molecule has 2 aromatic carbocycles. The number of hydrogen-bond donors (Lipinski definition) is 2. The summed E-state index contributed by atoms with van der Waals surface area (Å²) >= 11 is 5.76. The van der Waals surface area contributed by atoms with Gasteiger partial charge in [0.15, 0.2) is 0 Å². The van der Waals surface area contributed by atoms with E-state index in [0.717, 1.165) is 24.2 Å². The topological polar surface area (TPSA) is 78.5 Å². The Kier molecular flexibility index (Phi) is 4.38. The van der Waals surface area contributed by atoms with Crippen LogP contribution in [0.15, 0.2) is 47.4 Å². The molecular formula is C16H16ClN3O3S. The van der Waals surface area contributed by atoms with Crippen LogP contribution in [0, 0.1) is 0 Å². The number of nitrogens with zero attached hydrogens (tertiary/aromatic N) is 1. The van der Waals surface area contributed by atoms with E-state index in [2.05, 4.69) is 10.2 Å². The summed E-state index contributed by atoms with van der Waals surface area (Å²) in [6.07, 6.45) is 0.784. The second kappa shape index (κ2) is 6.33. The van der Waals surface area contributed by atoms with Gasteiger partial charge in [0.25, 0.3) is 10.0 Å². The van der Waals surface area contributed by atoms with Gasteiger partial charge in [-0.3, -0.25) is 0 Å². The Morgan fingerprint density at radius 1 is 1.17 bits per heavy atom. The van der Waals surface area contributed by atoms with Crippen LogP contribution in [0.5, 0.6) is 0 Å². The van der Waals surface area contributed by atoms with Crippen molar-refractivity contribution in [2.75, 3.05) is 23.8 Å². The number of benzene rings is 2. The average Bonchev–Trinajstić information content (AvgIpc) is 2.90. The van der Waals surface area contributed by atoms with Crippen molar-refractivity contribution in [2.45, 2.75) is 11.3 Å². The predicted octanol–water partition coefficient (Wildman–Crippen LogP) is 2.84. The third kappa shape index (κ3) is 3.47. The highest BCUT2D eigenvalue weighted by molar-refractivity contribution is 7.90. The molecule has 0 unspecified atom stereocenters. The van der Waals surface area contributed by atoms with Gasteiger partial charge in [-0.05, 0) is 54.4 Å². The number of hydrogen-bond acceptors (Lipinski definition) is 4. The van der Waals surface area contributed by atoms with Crippen LogP contribution in [0.2, 0.25) is 5.02 Å². The van der Waals surface area contributed by atoms with Crippen molar-refractivity contribution in [3.63, 3.8) is 0 Å². The van der Waals surface area contributed by atoms with Gasteiger partial charge in [-0.1, -0.05) is 11.6 Å². The summed E-state index contributed by atoms with van der Waals surface area (Å²) in [7, 11) is -1.98. The number of nitrogens with one attached hydrogen (secondary N) is 2. The summed E-state index contributed by atoms with van der Waals surface area (Å²) in [5.74, 6) is 0. The lowest BCUT2D eigenvalue weighted by molar-refractivity contribution is 0.256. The number of likely N-dealkylation sites (N-methyl/N-ethyl adjacent to an activating group) is 1. The van der Waals surface area contributed by atoms with Crippen molar-refractivity contribution in [3.05, 3.63) is 53.1 Å². The van der Waals surface area contributed by atoms with Crippen molar-refractivity contribution >= 4 is 39.0 Å². The highest BCUT2D eigenvalue weighted by atomic mass is 35.5. The zero-order chi connectivity index (χ0) is 17.3. The molecule has 0 bridgehead atoms. The molecule has 0 fully saturated rings. The van der Waals surface area contributed by atoms with Gasteiger partial charge in [-0.15, -0.1) is 0 Å². The van der Waals surface area contributed by atoms with E-state index in [9.17, 15) is 13.2 Å². The lowest BCUT2D eigenvalue weighted by atomic mass is 10.2. The second-order valence-electron chi connectivity index (χ2n) is 5.53. The number of carbonyl (C=O) groups excluding carboxylic acids is 1. The minimum absolute atomic E-state index is 0.0720. The molecule has 24 heavy (non-hydrogen) atoms. The van der Waals surface area contributed by atoms with Crippen molar-refractivity contribution in [1.82, 2.24) is 4.72 Å². The molecule has 0 aliphatic carbocycles. The normalized spacial score (nSPS) is 13.5. The molecule has 3 rings (SSSR count). The van der Waals surface area contributed by atoms with Gasteiger partial charge in [-0.25, -0.2) is 17.9 Å². The van der Waals surface area contributed by atoms with E-state index >= 15 is 0 Å².